The molecule has 0 unspecified atom stereocenters. The Morgan fingerprint density at radius 2 is 1.96 bits per heavy atom. The van der Waals surface area contributed by atoms with E-state index in [2.05, 4.69) is 9.71 Å². The molecule has 1 N–H and O–H groups in total. The lowest BCUT2D eigenvalue weighted by Gasteiger charge is -2.15. The normalized spacial score (nSPS) is 12.9. The van der Waals surface area contributed by atoms with Gasteiger partial charge in [-0.1, -0.05) is 6.07 Å². The summed E-state index contributed by atoms with van der Waals surface area (Å²) in [7, 11) is -0.509. The number of carbonyl (C=O) groups is 1. The van der Waals surface area contributed by atoms with Crippen LogP contribution in [0, 0.1) is 13.8 Å². The topological polar surface area (TPSA) is 79.4 Å². The first-order valence-corrected chi connectivity index (χ1v) is 9.69. The maximum atomic E-state index is 12.6. The average Bonchev–Trinajstić information content (AvgIpc) is 2.85. The monoisotopic (exact) mass is 367 g/mol. The van der Waals surface area contributed by atoms with E-state index in [-0.39, 0.29) is 10.8 Å². The molecule has 0 saturated carbocycles. The van der Waals surface area contributed by atoms with Crippen LogP contribution in [0.15, 0.2) is 29.2 Å². The molecule has 0 bridgehead atoms. The van der Waals surface area contributed by atoms with E-state index in [1.807, 2.05) is 13.8 Å². The average molecular weight is 367 g/mol. The molecule has 1 atom stereocenters. The molecule has 24 heavy (non-hydrogen) atoms. The van der Waals surface area contributed by atoms with Crippen molar-refractivity contribution in [2.75, 3.05) is 14.1 Å². The van der Waals surface area contributed by atoms with Crippen LogP contribution < -0.4 is 4.72 Å². The van der Waals surface area contributed by atoms with Crippen LogP contribution in [0.3, 0.4) is 0 Å². The summed E-state index contributed by atoms with van der Waals surface area (Å²) in [6, 6.07) is 5.57. The fraction of sp³-hybridized carbons (Fsp3) is 0.375. The van der Waals surface area contributed by atoms with Gasteiger partial charge in [0.15, 0.2) is 0 Å². The maximum absolute atomic E-state index is 12.6. The minimum Gasteiger partial charge on any atom is -0.345 e. The lowest BCUT2D eigenvalue weighted by atomic mass is 10.2. The van der Waals surface area contributed by atoms with Crippen molar-refractivity contribution in [3.8, 4) is 0 Å². The molecular weight excluding hydrogens is 346 g/mol. The number of nitrogens with one attached hydrogen (secondary N) is 1. The van der Waals surface area contributed by atoms with Crippen LogP contribution in [0.25, 0.3) is 0 Å². The highest BCUT2D eigenvalue weighted by atomic mass is 32.2. The zero-order valence-corrected chi connectivity index (χ0v) is 16.0. The van der Waals surface area contributed by atoms with Gasteiger partial charge in [0.1, 0.15) is 0 Å². The molecular formula is C16H21N3O3S2. The van der Waals surface area contributed by atoms with Crippen LogP contribution in [0.2, 0.25) is 0 Å². The predicted octanol–water partition coefficient (Wildman–Crippen LogP) is 2.50. The number of hydrogen-bond acceptors (Lipinski definition) is 5. The molecule has 0 aliphatic carbocycles. The first-order chi connectivity index (χ1) is 11.1. The number of benzene rings is 1. The van der Waals surface area contributed by atoms with Crippen molar-refractivity contribution >= 4 is 27.3 Å². The molecule has 0 aliphatic rings. The van der Waals surface area contributed by atoms with Crippen molar-refractivity contribution < 1.29 is 13.2 Å². The highest BCUT2D eigenvalue weighted by Crippen LogP contribution is 2.24. The Bertz CT molecular complexity index is 857. The van der Waals surface area contributed by atoms with E-state index >= 15 is 0 Å². The summed E-state index contributed by atoms with van der Waals surface area (Å²) in [5.74, 6) is -0.244. The zero-order chi connectivity index (χ0) is 18.1. The zero-order valence-electron chi connectivity index (χ0n) is 14.3. The number of rotatable bonds is 5. The van der Waals surface area contributed by atoms with E-state index in [1.165, 1.54) is 28.4 Å². The lowest BCUT2D eigenvalue weighted by Crippen LogP contribution is -2.28. The number of aromatic nitrogens is 1. The van der Waals surface area contributed by atoms with Crippen LogP contribution in [-0.4, -0.2) is 38.3 Å². The Kier molecular flexibility index (Phi) is 5.42. The second-order valence-electron chi connectivity index (χ2n) is 5.74. The number of aryl methyl sites for hydroxylation is 2. The van der Waals surface area contributed by atoms with Crippen molar-refractivity contribution in [1.82, 2.24) is 14.6 Å². The quantitative estimate of drug-likeness (QED) is 0.881. The summed E-state index contributed by atoms with van der Waals surface area (Å²) >= 11 is 1.53. The van der Waals surface area contributed by atoms with Gasteiger partial charge in [0.05, 0.1) is 21.6 Å². The van der Waals surface area contributed by atoms with Crippen molar-refractivity contribution in [1.29, 1.82) is 0 Å². The van der Waals surface area contributed by atoms with E-state index in [4.69, 9.17) is 0 Å². The SMILES string of the molecule is Cc1nc([C@@H](C)NS(=O)(=O)c2cccc(C(=O)N(C)C)c2)c(C)s1. The Morgan fingerprint density at radius 3 is 2.50 bits per heavy atom. The third kappa shape index (κ3) is 4.00. The van der Waals surface area contributed by atoms with Crippen LogP contribution >= 0.6 is 11.3 Å². The molecule has 1 amide bonds. The van der Waals surface area contributed by atoms with Gasteiger partial charge in [-0.05, 0) is 39.0 Å². The summed E-state index contributed by atoms with van der Waals surface area (Å²) < 4.78 is 27.9. The molecule has 0 fully saturated rings. The van der Waals surface area contributed by atoms with Gasteiger partial charge in [0.25, 0.3) is 5.91 Å². The largest absolute Gasteiger partial charge is 0.345 e. The third-order valence-electron chi connectivity index (χ3n) is 3.48. The van der Waals surface area contributed by atoms with E-state index in [0.717, 1.165) is 15.6 Å². The van der Waals surface area contributed by atoms with Crippen LogP contribution in [0.5, 0.6) is 0 Å². The lowest BCUT2D eigenvalue weighted by molar-refractivity contribution is 0.0827. The van der Waals surface area contributed by atoms with Crippen molar-refractivity contribution in [3.63, 3.8) is 0 Å². The standard InChI is InChI=1S/C16H21N3O3S2/c1-10(15-11(2)23-12(3)17-15)18-24(21,22)14-8-6-7-13(9-14)16(20)19(4)5/h6-10,18H,1-5H3/t10-/m1/s1. The summed E-state index contributed by atoms with van der Waals surface area (Å²) in [5, 5.41) is 0.895. The number of hydrogen-bond donors (Lipinski definition) is 1. The summed E-state index contributed by atoms with van der Waals surface area (Å²) in [5.41, 5.74) is 1.05. The van der Waals surface area contributed by atoms with Gasteiger partial charge in [0.2, 0.25) is 10.0 Å². The van der Waals surface area contributed by atoms with Crippen molar-refractivity contribution in [2.45, 2.75) is 31.7 Å². The Labute approximate surface area is 146 Å². The summed E-state index contributed by atoms with van der Waals surface area (Å²) in [6.07, 6.45) is 0. The minimum atomic E-state index is -3.75. The van der Waals surface area contributed by atoms with Crippen LogP contribution in [0.1, 0.15) is 38.9 Å². The van der Waals surface area contributed by atoms with Gasteiger partial charge in [-0.2, -0.15) is 0 Å². The Morgan fingerprint density at radius 1 is 1.29 bits per heavy atom. The van der Waals surface area contributed by atoms with Gasteiger partial charge < -0.3 is 4.90 Å². The molecule has 0 aliphatic heterocycles. The fourth-order valence-electron chi connectivity index (χ4n) is 2.36. The van der Waals surface area contributed by atoms with Gasteiger partial charge in [-0.15, -0.1) is 11.3 Å². The first kappa shape index (κ1) is 18.6. The minimum absolute atomic E-state index is 0.0617. The van der Waals surface area contributed by atoms with Crippen LogP contribution in [-0.2, 0) is 10.0 Å². The second kappa shape index (κ2) is 7.00. The van der Waals surface area contributed by atoms with E-state index in [1.54, 1.807) is 33.2 Å². The van der Waals surface area contributed by atoms with Crippen LogP contribution in [0.4, 0.5) is 0 Å². The van der Waals surface area contributed by atoms with E-state index in [0.29, 0.717) is 5.56 Å². The molecule has 2 aromatic rings. The molecule has 6 nitrogen and oxygen atoms in total. The highest BCUT2D eigenvalue weighted by Gasteiger charge is 2.22. The van der Waals surface area contributed by atoms with Gasteiger partial charge in [0, 0.05) is 24.5 Å². The maximum Gasteiger partial charge on any atom is 0.253 e. The number of nitrogens with zero attached hydrogens (tertiary/aromatic N) is 2. The van der Waals surface area contributed by atoms with Crippen molar-refractivity contribution in [3.05, 3.63) is 45.4 Å². The van der Waals surface area contributed by atoms with Crippen molar-refractivity contribution in [2.24, 2.45) is 0 Å². The number of amides is 1. The third-order valence-corrected chi connectivity index (χ3v) is 5.92. The molecule has 1 heterocycles. The fourth-order valence-corrected chi connectivity index (χ4v) is 4.52. The Hall–Kier alpha value is -1.77. The molecule has 8 heteroatoms. The summed E-state index contributed by atoms with van der Waals surface area (Å²) in [6.45, 7) is 5.56. The second-order valence-corrected chi connectivity index (χ2v) is 8.87. The van der Waals surface area contributed by atoms with E-state index < -0.39 is 16.1 Å². The van der Waals surface area contributed by atoms with Gasteiger partial charge in [-0.25, -0.2) is 18.1 Å². The molecule has 1 aromatic carbocycles. The van der Waals surface area contributed by atoms with E-state index in [9.17, 15) is 13.2 Å². The Balaban J connectivity index is 2.29. The predicted molar refractivity (Wildman–Crippen MR) is 94.8 cm³/mol. The summed E-state index contributed by atoms with van der Waals surface area (Å²) in [4.78, 5) is 18.9. The smallest absolute Gasteiger partial charge is 0.253 e. The first-order valence-electron chi connectivity index (χ1n) is 7.40. The number of sulfonamides is 1. The van der Waals surface area contributed by atoms with Gasteiger partial charge in [-0.3, -0.25) is 4.79 Å². The molecule has 0 saturated heterocycles. The molecule has 2 rings (SSSR count). The molecule has 0 spiro atoms. The molecule has 1 aromatic heterocycles. The number of carbonyl (C=O) groups excluding carboxylic acids is 1. The molecule has 130 valence electrons. The van der Waals surface area contributed by atoms with Gasteiger partial charge >= 0.3 is 0 Å². The number of thiazole rings is 1. The highest BCUT2D eigenvalue weighted by molar-refractivity contribution is 7.89. The molecule has 0 radical (unpaired) electrons.